The van der Waals surface area contributed by atoms with E-state index in [4.69, 9.17) is 10.8 Å². The Morgan fingerprint density at radius 1 is 1.21 bits per heavy atom. The molecule has 0 bridgehead atoms. The molecule has 11 heteroatoms. The summed E-state index contributed by atoms with van der Waals surface area (Å²) in [6.07, 6.45) is 6.38. The molecule has 4 aromatic heterocycles. The van der Waals surface area contributed by atoms with Gasteiger partial charge in [-0.2, -0.15) is 15.5 Å². The zero-order valence-corrected chi connectivity index (χ0v) is 17.5. The number of nitriles is 1. The van der Waals surface area contributed by atoms with Crippen LogP contribution in [0.4, 0.5) is 11.6 Å². The van der Waals surface area contributed by atoms with Gasteiger partial charge in [0.2, 0.25) is 0 Å². The van der Waals surface area contributed by atoms with E-state index in [2.05, 4.69) is 25.5 Å². The van der Waals surface area contributed by atoms with Crippen LogP contribution < -0.4 is 16.6 Å². The summed E-state index contributed by atoms with van der Waals surface area (Å²) in [5.41, 5.74) is 8.27. The molecule has 1 atom stereocenters. The molecular weight excluding hydrogens is 420 g/mol. The number of nitrogens with one attached hydrogen (secondary N) is 2. The smallest absolute Gasteiger partial charge is 0.283 e. The van der Waals surface area contributed by atoms with Crippen LogP contribution in [0.25, 0.3) is 22.3 Å². The Morgan fingerprint density at radius 2 is 2.03 bits per heavy atom. The van der Waals surface area contributed by atoms with Gasteiger partial charge >= 0.3 is 0 Å². The number of aromatic nitrogens is 7. The molecule has 5 rings (SSSR count). The highest BCUT2D eigenvalue weighted by atomic mass is 16.1. The molecule has 0 aliphatic heterocycles. The molecule has 0 aliphatic carbocycles. The van der Waals surface area contributed by atoms with Gasteiger partial charge in [-0.25, -0.2) is 14.5 Å². The number of nitrogens with zero attached hydrogens (tertiary/aromatic N) is 7. The summed E-state index contributed by atoms with van der Waals surface area (Å²) in [5, 5.41) is 24.1. The second-order valence-electron chi connectivity index (χ2n) is 7.30. The minimum atomic E-state index is -0.511. The summed E-state index contributed by atoms with van der Waals surface area (Å²) in [7, 11) is 0. The molecule has 0 unspecified atom stereocenters. The van der Waals surface area contributed by atoms with Crippen molar-refractivity contribution in [2.75, 3.05) is 11.1 Å². The van der Waals surface area contributed by atoms with Gasteiger partial charge in [-0.15, -0.1) is 0 Å². The first-order valence-electron chi connectivity index (χ1n) is 10.0. The zero-order valence-electron chi connectivity index (χ0n) is 17.5. The third-order valence-corrected chi connectivity index (χ3v) is 5.26. The van der Waals surface area contributed by atoms with Gasteiger partial charge < -0.3 is 11.1 Å². The van der Waals surface area contributed by atoms with Gasteiger partial charge in [-0.1, -0.05) is 18.2 Å². The number of rotatable bonds is 5. The molecule has 1 aromatic carbocycles. The van der Waals surface area contributed by atoms with E-state index in [0.29, 0.717) is 22.6 Å². The van der Waals surface area contributed by atoms with Crippen molar-refractivity contribution >= 4 is 17.2 Å². The van der Waals surface area contributed by atoms with Crippen molar-refractivity contribution in [1.82, 2.24) is 34.3 Å². The molecule has 0 saturated carbocycles. The number of H-pyrrole nitrogens is 1. The Labute approximate surface area is 187 Å². The SMILES string of the molecule is C[C@H](Nc1ncnc(N)c1C#N)c1nn2ccc(-c3cn[nH]c3)c2c(=O)n1-c1ccccc1. The second-order valence-corrected chi connectivity index (χ2v) is 7.30. The van der Waals surface area contributed by atoms with Crippen LogP contribution in [-0.4, -0.2) is 34.3 Å². The lowest BCUT2D eigenvalue weighted by molar-refractivity contribution is 0.672. The first-order valence-corrected chi connectivity index (χ1v) is 10.0. The summed E-state index contributed by atoms with van der Waals surface area (Å²) in [4.78, 5) is 21.8. The molecule has 0 radical (unpaired) electrons. The standard InChI is InChI=1S/C22H18N10O/c1-13(29-20-17(9-23)19(24)25-12-26-20)21-30-31-8-7-16(14-10-27-28-11-14)18(31)22(33)32(21)15-5-3-2-4-6-15/h2-8,10-13H,1H3,(H,27,28)(H3,24,25,26,29)/t13-/m0/s1. The number of anilines is 2. The molecule has 11 nitrogen and oxygen atoms in total. The van der Waals surface area contributed by atoms with Crippen molar-refractivity contribution in [3.8, 4) is 22.9 Å². The minimum Gasteiger partial charge on any atom is -0.382 e. The van der Waals surface area contributed by atoms with Crippen LogP contribution in [0.15, 0.2) is 66.1 Å². The van der Waals surface area contributed by atoms with Gasteiger partial charge in [0.05, 0.1) is 17.9 Å². The molecule has 0 aliphatic rings. The maximum atomic E-state index is 13.8. The molecule has 0 fully saturated rings. The van der Waals surface area contributed by atoms with Crippen LogP contribution >= 0.6 is 0 Å². The lowest BCUT2D eigenvalue weighted by Crippen LogP contribution is -2.29. The Balaban J connectivity index is 1.71. The summed E-state index contributed by atoms with van der Waals surface area (Å²) in [6, 6.07) is 12.6. The van der Waals surface area contributed by atoms with Crippen molar-refractivity contribution in [2.45, 2.75) is 13.0 Å². The van der Waals surface area contributed by atoms with E-state index in [1.165, 1.54) is 6.33 Å². The van der Waals surface area contributed by atoms with E-state index in [9.17, 15) is 10.1 Å². The first-order chi connectivity index (χ1) is 16.1. The second kappa shape index (κ2) is 7.93. The highest BCUT2D eigenvalue weighted by molar-refractivity contribution is 5.79. The molecule has 162 valence electrons. The van der Waals surface area contributed by atoms with Crippen LogP contribution in [0.2, 0.25) is 0 Å². The van der Waals surface area contributed by atoms with Crippen LogP contribution in [0.1, 0.15) is 24.4 Å². The molecule has 4 heterocycles. The lowest BCUT2D eigenvalue weighted by atomic mass is 10.1. The quantitative estimate of drug-likeness (QED) is 0.377. The lowest BCUT2D eigenvalue weighted by Gasteiger charge is -2.20. The van der Waals surface area contributed by atoms with Crippen LogP contribution in [-0.2, 0) is 0 Å². The van der Waals surface area contributed by atoms with E-state index in [-0.39, 0.29) is 22.8 Å². The monoisotopic (exact) mass is 438 g/mol. The number of hydrogen-bond acceptors (Lipinski definition) is 8. The van der Waals surface area contributed by atoms with E-state index in [0.717, 1.165) is 5.56 Å². The van der Waals surface area contributed by atoms with Gasteiger partial charge in [0.25, 0.3) is 5.56 Å². The number of benzene rings is 1. The number of fused-ring (bicyclic) bond motifs is 1. The average molecular weight is 438 g/mol. The topological polar surface area (TPSA) is 156 Å². The number of nitrogens with two attached hydrogens (primary N) is 1. The van der Waals surface area contributed by atoms with Gasteiger partial charge in [-0.3, -0.25) is 14.5 Å². The van der Waals surface area contributed by atoms with E-state index < -0.39 is 6.04 Å². The molecule has 0 saturated heterocycles. The number of nitrogen functional groups attached to an aromatic ring is 1. The minimum absolute atomic E-state index is 0.0706. The van der Waals surface area contributed by atoms with Crippen molar-refractivity contribution < 1.29 is 0 Å². The molecule has 0 spiro atoms. The molecule has 33 heavy (non-hydrogen) atoms. The predicted octanol–water partition coefficient (Wildman–Crippen LogP) is 2.29. The van der Waals surface area contributed by atoms with E-state index in [1.54, 1.807) is 27.7 Å². The van der Waals surface area contributed by atoms with Crippen molar-refractivity contribution in [3.05, 3.63) is 83.1 Å². The largest absolute Gasteiger partial charge is 0.382 e. The fraction of sp³-hybridized carbons (Fsp3) is 0.0909. The Hall–Kier alpha value is -4.98. The molecule has 0 amide bonds. The fourth-order valence-corrected chi connectivity index (χ4v) is 3.71. The van der Waals surface area contributed by atoms with Gasteiger partial charge in [0.1, 0.15) is 35.1 Å². The fourth-order valence-electron chi connectivity index (χ4n) is 3.71. The highest BCUT2D eigenvalue weighted by Gasteiger charge is 2.22. The summed E-state index contributed by atoms with van der Waals surface area (Å²) >= 11 is 0. The van der Waals surface area contributed by atoms with Crippen molar-refractivity contribution in [3.63, 3.8) is 0 Å². The highest BCUT2D eigenvalue weighted by Crippen LogP contribution is 2.26. The van der Waals surface area contributed by atoms with Gasteiger partial charge in [0, 0.05) is 23.5 Å². The molecular formula is C22H18N10O. The van der Waals surface area contributed by atoms with Gasteiger partial charge in [0.15, 0.2) is 5.82 Å². The van der Waals surface area contributed by atoms with Crippen LogP contribution in [0.5, 0.6) is 0 Å². The van der Waals surface area contributed by atoms with E-state index in [1.807, 2.05) is 49.4 Å². The number of hydrogen-bond donors (Lipinski definition) is 3. The maximum absolute atomic E-state index is 13.8. The van der Waals surface area contributed by atoms with Crippen molar-refractivity contribution in [2.24, 2.45) is 0 Å². The zero-order chi connectivity index (χ0) is 22.9. The first kappa shape index (κ1) is 20.0. The van der Waals surface area contributed by atoms with Crippen molar-refractivity contribution in [1.29, 1.82) is 5.26 Å². The van der Waals surface area contributed by atoms with E-state index >= 15 is 0 Å². The molecule has 4 N–H and O–H groups in total. The average Bonchev–Trinajstić information content (AvgIpc) is 3.49. The van der Waals surface area contributed by atoms with Crippen LogP contribution in [0.3, 0.4) is 0 Å². The maximum Gasteiger partial charge on any atom is 0.283 e. The number of para-hydroxylation sites is 1. The van der Waals surface area contributed by atoms with Gasteiger partial charge in [-0.05, 0) is 25.1 Å². The summed E-state index contributed by atoms with van der Waals surface area (Å²) < 4.78 is 3.10. The summed E-state index contributed by atoms with van der Waals surface area (Å²) in [5.74, 6) is 0.758. The predicted molar refractivity (Wildman–Crippen MR) is 122 cm³/mol. The Bertz CT molecular complexity index is 1540. The Kier molecular flexibility index (Phi) is 4.80. The van der Waals surface area contributed by atoms with Crippen LogP contribution in [0, 0.1) is 11.3 Å². The third kappa shape index (κ3) is 3.35. The number of aromatic amines is 1. The normalized spacial score (nSPS) is 11.9. The molecule has 5 aromatic rings. The third-order valence-electron chi connectivity index (χ3n) is 5.26. The Morgan fingerprint density at radius 3 is 2.76 bits per heavy atom. The summed E-state index contributed by atoms with van der Waals surface area (Å²) in [6.45, 7) is 1.83.